The second-order valence-corrected chi connectivity index (χ2v) is 6.39. The maximum absolute atomic E-state index is 14.3. The smallest absolute Gasteiger partial charge is 0.348 e. The van der Waals surface area contributed by atoms with Crippen LogP contribution in [0.4, 0.5) is 8.78 Å². The van der Waals surface area contributed by atoms with Gasteiger partial charge in [0.15, 0.2) is 0 Å². The topological polar surface area (TPSA) is 88.9 Å². The summed E-state index contributed by atoms with van der Waals surface area (Å²) in [4.78, 5) is 23.8. The van der Waals surface area contributed by atoms with Crippen molar-refractivity contribution in [2.45, 2.75) is 50.0 Å². The van der Waals surface area contributed by atoms with Gasteiger partial charge in [0.1, 0.15) is 5.69 Å². The molecule has 7 nitrogen and oxygen atoms in total. The summed E-state index contributed by atoms with van der Waals surface area (Å²) in [6, 6.07) is 0. The third-order valence-corrected chi connectivity index (χ3v) is 4.54. The number of carbonyl (C=O) groups excluding carboxylic acids is 2. The molecule has 0 saturated heterocycles. The van der Waals surface area contributed by atoms with E-state index in [1.807, 2.05) is 0 Å². The van der Waals surface area contributed by atoms with Gasteiger partial charge in [-0.05, 0) is 18.9 Å². The molecule has 2 amide bonds. The number of hydrogen-bond acceptors (Lipinski definition) is 4. The van der Waals surface area contributed by atoms with Crippen LogP contribution in [0, 0.1) is 0 Å². The summed E-state index contributed by atoms with van der Waals surface area (Å²) in [7, 11) is 1.29. The van der Waals surface area contributed by atoms with Crippen molar-refractivity contribution in [1.82, 2.24) is 25.6 Å². The number of aromatic nitrogens is 3. The lowest BCUT2D eigenvalue weighted by Gasteiger charge is -2.34. The first kappa shape index (κ1) is 19.0. The minimum Gasteiger partial charge on any atom is -0.348 e. The lowest BCUT2D eigenvalue weighted by molar-refractivity contribution is -0.148. The molecular formula is C16H23F2N5O2. The van der Waals surface area contributed by atoms with Gasteiger partial charge in [-0.15, -0.1) is 5.10 Å². The number of carbonyl (C=O) groups is 2. The minimum atomic E-state index is -3.76. The number of hydrogen-bond donors (Lipinski definition) is 2. The van der Waals surface area contributed by atoms with E-state index in [1.54, 1.807) is 0 Å². The SMILES string of the molecule is C=CC(=O)NC1(CNC(=O)C(F)(F)c2cnnn2C)CCCCCC1. The number of amides is 2. The fourth-order valence-corrected chi connectivity index (χ4v) is 3.11. The third-order valence-electron chi connectivity index (χ3n) is 4.54. The van der Waals surface area contributed by atoms with Gasteiger partial charge in [-0.3, -0.25) is 9.59 Å². The Balaban J connectivity index is 2.11. The Labute approximate surface area is 144 Å². The van der Waals surface area contributed by atoms with Crippen LogP contribution in [0.3, 0.4) is 0 Å². The first-order valence-electron chi connectivity index (χ1n) is 8.27. The normalized spacial score (nSPS) is 17.4. The van der Waals surface area contributed by atoms with E-state index in [9.17, 15) is 18.4 Å². The molecule has 138 valence electrons. The van der Waals surface area contributed by atoms with Crippen LogP contribution >= 0.6 is 0 Å². The van der Waals surface area contributed by atoms with Gasteiger partial charge in [0.25, 0.3) is 5.91 Å². The summed E-state index contributed by atoms with van der Waals surface area (Å²) in [5.41, 5.74) is -1.33. The molecule has 1 fully saturated rings. The molecule has 2 N–H and O–H groups in total. The van der Waals surface area contributed by atoms with E-state index in [4.69, 9.17) is 0 Å². The minimum absolute atomic E-state index is 0.0632. The number of nitrogens with zero attached hydrogens (tertiary/aromatic N) is 3. The van der Waals surface area contributed by atoms with E-state index in [0.717, 1.165) is 42.6 Å². The number of nitrogens with one attached hydrogen (secondary N) is 2. The molecule has 1 aromatic rings. The van der Waals surface area contributed by atoms with Gasteiger partial charge in [-0.25, -0.2) is 4.68 Å². The first-order chi connectivity index (χ1) is 11.8. The summed E-state index contributed by atoms with van der Waals surface area (Å²) in [6.45, 7) is 3.36. The highest BCUT2D eigenvalue weighted by molar-refractivity contribution is 5.88. The number of rotatable bonds is 6. The van der Waals surface area contributed by atoms with Crippen LogP contribution in [0.25, 0.3) is 0 Å². The van der Waals surface area contributed by atoms with Crippen LogP contribution in [0.2, 0.25) is 0 Å². The zero-order valence-electron chi connectivity index (χ0n) is 14.2. The van der Waals surface area contributed by atoms with Crippen LogP contribution < -0.4 is 10.6 Å². The van der Waals surface area contributed by atoms with E-state index >= 15 is 0 Å². The van der Waals surface area contributed by atoms with Crippen molar-refractivity contribution in [3.63, 3.8) is 0 Å². The molecule has 1 aliphatic carbocycles. The zero-order valence-corrected chi connectivity index (χ0v) is 14.2. The third kappa shape index (κ3) is 4.40. The zero-order chi connectivity index (χ0) is 18.5. The van der Waals surface area contributed by atoms with Gasteiger partial charge in [-0.1, -0.05) is 37.5 Å². The Kier molecular flexibility index (Phi) is 5.86. The highest BCUT2D eigenvalue weighted by Gasteiger charge is 2.45. The molecule has 0 aliphatic heterocycles. The lowest BCUT2D eigenvalue weighted by atomic mass is 9.89. The van der Waals surface area contributed by atoms with Crippen molar-refractivity contribution in [2.75, 3.05) is 6.54 Å². The van der Waals surface area contributed by atoms with Gasteiger partial charge in [0.2, 0.25) is 5.91 Å². The highest BCUT2D eigenvalue weighted by Crippen LogP contribution is 2.29. The van der Waals surface area contributed by atoms with E-state index in [2.05, 4.69) is 27.5 Å². The molecule has 1 aliphatic rings. The van der Waals surface area contributed by atoms with E-state index < -0.39 is 23.1 Å². The number of aryl methyl sites for hydroxylation is 1. The highest BCUT2D eigenvalue weighted by atomic mass is 19.3. The van der Waals surface area contributed by atoms with Crippen LogP contribution in [-0.4, -0.2) is 38.9 Å². The van der Waals surface area contributed by atoms with Gasteiger partial charge in [0, 0.05) is 13.6 Å². The fourth-order valence-electron chi connectivity index (χ4n) is 3.11. The Morgan fingerprint density at radius 3 is 2.52 bits per heavy atom. The number of halogens is 2. The van der Waals surface area contributed by atoms with Crippen molar-refractivity contribution in [3.05, 3.63) is 24.5 Å². The van der Waals surface area contributed by atoms with Crippen LogP contribution in [0.15, 0.2) is 18.9 Å². The Hall–Kier alpha value is -2.32. The largest absolute Gasteiger partial charge is 0.367 e. The van der Waals surface area contributed by atoms with Gasteiger partial charge < -0.3 is 10.6 Å². The molecule has 25 heavy (non-hydrogen) atoms. The Morgan fingerprint density at radius 1 is 1.36 bits per heavy atom. The monoisotopic (exact) mass is 355 g/mol. The molecule has 1 saturated carbocycles. The van der Waals surface area contributed by atoms with Crippen LogP contribution in [-0.2, 0) is 22.6 Å². The van der Waals surface area contributed by atoms with Crippen molar-refractivity contribution < 1.29 is 18.4 Å². The molecule has 1 heterocycles. The maximum Gasteiger partial charge on any atom is 0.367 e. The molecule has 1 aromatic heterocycles. The molecule has 9 heteroatoms. The van der Waals surface area contributed by atoms with Crippen molar-refractivity contribution in [2.24, 2.45) is 7.05 Å². The second-order valence-electron chi connectivity index (χ2n) is 6.39. The average molecular weight is 355 g/mol. The Morgan fingerprint density at radius 2 is 2.00 bits per heavy atom. The molecule has 0 atom stereocenters. The summed E-state index contributed by atoms with van der Waals surface area (Å²) in [6.07, 6.45) is 6.97. The molecule has 0 unspecified atom stereocenters. The predicted molar refractivity (Wildman–Crippen MR) is 86.7 cm³/mol. The van der Waals surface area contributed by atoms with Crippen LogP contribution in [0.5, 0.6) is 0 Å². The summed E-state index contributed by atoms with van der Waals surface area (Å²) >= 11 is 0. The van der Waals surface area contributed by atoms with E-state index in [1.165, 1.54) is 7.05 Å². The maximum atomic E-state index is 14.3. The summed E-state index contributed by atoms with van der Waals surface area (Å²) < 4.78 is 29.5. The molecule has 0 radical (unpaired) electrons. The molecule has 2 rings (SSSR count). The predicted octanol–water partition coefficient (Wildman–Crippen LogP) is 1.42. The van der Waals surface area contributed by atoms with Gasteiger partial charge >= 0.3 is 5.92 Å². The average Bonchev–Trinajstić information content (AvgIpc) is 2.89. The van der Waals surface area contributed by atoms with Crippen molar-refractivity contribution in [3.8, 4) is 0 Å². The standard InChI is InChI=1S/C16H23F2N5O2/c1-3-13(24)21-15(8-6-4-5-7-9-15)11-19-14(25)16(17,18)12-10-20-22-23(12)2/h3,10H,1,4-9,11H2,2H3,(H,19,25)(H,21,24). The van der Waals surface area contributed by atoms with Gasteiger partial charge in [0.05, 0.1) is 11.7 Å². The van der Waals surface area contributed by atoms with E-state index in [-0.39, 0.29) is 12.5 Å². The molecular weight excluding hydrogens is 332 g/mol. The molecule has 0 bridgehead atoms. The van der Waals surface area contributed by atoms with Crippen LogP contribution in [0.1, 0.15) is 44.2 Å². The van der Waals surface area contributed by atoms with Crippen molar-refractivity contribution >= 4 is 11.8 Å². The number of alkyl halides is 2. The van der Waals surface area contributed by atoms with Crippen molar-refractivity contribution in [1.29, 1.82) is 0 Å². The molecule has 0 aromatic carbocycles. The lowest BCUT2D eigenvalue weighted by Crippen LogP contribution is -2.56. The fraction of sp³-hybridized carbons (Fsp3) is 0.625. The quantitative estimate of drug-likeness (QED) is 0.597. The van der Waals surface area contributed by atoms with E-state index in [0.29, 0.717) is 12.8 Å². The summed E-state index contributed by atoms with van der Waals surface area (Å²) in [5, 5.41) is 11.9. The summed E-state index contributed by atoms with van der Waals surface area (Å²) in [5.74, 6) is -5.57. The Bertz CT molecular complexity index is 636. The molecule has 0 spiro atoms. The second kappa shape index (κ2) is 7.71. The van der Waals surface area contributed by atoms with Gasteiger partial charge in [-0.2, -0.15) is 8.78 Å². The first-order valence-corrected chi connectivity index (χ1v) is 8.27.